The molecule has 1 aliphatic carbocycles. The summed E-state index contributed by atoms with van der Waals surface area (Å²) in [6.07, 6.45) is 7.99. The van der Waals surface area contributed by atoms with Crippen LogP contribution in [0.15, 0.2) is 36.0 Å². The number of allylic oxidation sites excluding steroid dienone is 1. The van der Waals surface area contributed by atoms with Crippen molar-refractivity contribution in [1.82, 2.24) is 14.8 Å². The molecule has 3 rings (SSSR count). The molecular formula is C18H21ClFN3S. The predicted molar refractivity (Wildman–Crippen MR) is 97.0 cm³/mol. The zero-order valence-corrected chi connectivity index (χ0v) is 15.1. The van der Waals surface area contributed by atoms with Crippen LogP contribution >= 0.6 is 23.4 Å². The molecular weight excluding hydrogens is 345 g/mol. The maximum atomic E-state index is 13.9. The van der Waals surface area contributed by atoms with Crippen LogP contribution in [0.4, 0.5) is 4.39 Å². The highest BCUT2D eigenvalue weighted by Gasteiger charge is 2.23. The van der Waals surface area contributed by atoms with Gasteiger partial charge in [-0.25, -0.2) is 4.39 Å². The molecule has 6 heteroatoms. The standard InChI is InChI=1S/C18H21ClFN3S/c1-2-11-23-17(13-7-4-3-5-8-13)21-22-18(23)24-12-14-15(19)9-6-10-16(14)20/h2,6,9-10,13H,1,3-5,7-8,11-12H2. The van der Waals surface area contributed by atoms with E-state index in [-0.39, 0.29) is 5.82 Å². The number of benzene rings is 1. The van der Waals surface area contributed by atoms with E-state index in [2.05, 4.69) is 21.3 Å². The number of aromatic nitrogens is 3. The summed E-state index contributed by atoms with van der Waals surface area (Å²) in [5.74, 6) is 1.66. The third kappa shape index (κ3) is 3.83. The van der Waals surface area contributed by atoms with Crippen LogP contribution < -0.4 is 0 Å². The molecule has 1 aliphatic rings. The predicted octanol–water partition coefficient (Wildman–Crippen LogP) is 5.60. The first kappa shape index (κ1) is 17.5. The van der Waals surface area contributed by atoms with Crippen molar-refractivity contribution in [3.8, 4) is 0 Å². The Kier molecular flexibility index (Phi) is 5.95. The van der Waals surface area contributed by atoms with E-state index in [1.807, 2.05) is 6.08 Å². The zero-order valence-electron chi connectivity index (χ0n) is 13.5. The van der Waals surface area contributed by atoms with Crippen molar-refractivity contribution in [3.05, 3.63) is 53.1 Å². The lowest BCUT2D eigenvalue weighted by atomic mass is 9.89. The fraction of sp³-hybridized carbons (Fsp3) is 0.444. The van der Waals surface area contributed by atoms with Crippen molar-refractivity contribution in [3.63, 3.8) is 0 Å². The third-order valence-electron chi connectivity index (χ3n) is 4.43. The van der Waals surface area contributed by atoms with Crippen LogP contribution in [0, 0.1) is 5.82 Å². The van der Waals surface area contributed by atoms with Gasteiger partial charge >= 0.3 is 0 Å². The van der Waals surface area contributed by atoms with E-state index in [1.165, 1.54) is 49.9 Å². The minimum atomic E-state index is -0.280. The molecule has 1 fully saturated rings. The highest BCUT2D eigenvalue weighted by molar-refractivity contribution is 7.98. The lowest BCUT2D eigenvalue weighted by Crippen LogP contribution is -2.12. The summed E-state index contributed by atoms with van der Waals surface area (Å²) in [7, 11) is 0. The third-order valence-corrected chi connectivity index (χ3v) is 5.78. The normalized spacial score (nSPS) is 15.6. The van der Waals surface area contributed by atoms with Gasteiger partial charge in [0.05, 0.1) is 0 Å². The van der Waals surface area contributed by atoms with Gasteiger partial charge in [0.15, 0.2) is 5.16 Å². The van der Waals surface area contributed by atoms with Crippen molar-refractivity contribution in [2.24, 2.45) is 0 Å². The van der Waals surface area contributed by atoms with Crippen molar-refractivity contribution < 1.29 is 4.39 Å². The Morgan fingerprint density at radius 3 is 2.79 bits per heavy atom. The van der Waals surface area contributed by atoms with Crippen molar-refractivity contribution in [1.29, 1.82) is 0 Å². The van der Waals surface area contributed by atoms with Crippen LogP contribution in [-0.4, -0.2) is 14.8 Å². The van der Waals surface area contributed by atoms with Crippen LogP contribution in [0.1, 0.15) is 49.4 Å². The second-order valence-electron chi connectivity index (χ2n) is 6.06. The van der Waals surface area contributed by atoms with Gasteiger partial charge in [-0.1, -0.05) is 54.8 Å². The Morgan fingerprint density at radius 1 is 1.29 bits per heavy atom. The number of nitrogens with zero attached hydrogens (tertiary/aromatic N) is 3. The van der Waals surface area contributed by atoms with Gasteiger partial charge < -0.3 is 4.57 Å². The second kappa shape index (κ2) is 8.17. The van der Waals surface area contributed by atoms with E-state index in [0.717, 1.165) is 11.0 Å². The largest absolute Gasteiger partial charge is 0.302 e. The van der Waals surface area contributed by atoms with E-state index in [1.54, 1.807) is 12.1 Å². The highest BCUT2D eigenvalue weighted by atomic mass is 35.5. The van der Waals surface area contributed by atoms with E-state index >= 15 is 0 Å². The topological polar surface area (TPSA) is 30.7 Å². The first-order valence-electron chi connectivity index (χ1n) is 8.30. The number of halogens is 2. The second-order valence-corrected chi connectivity index (χ2v) is 7.41. The number of hydrogen-bond donors (Lipinski definition) is 0. The number of thioether (sulfide) groups is 1. The van der Waals surface area contributed by atoms with Gasteiger partial charge in [-0.15, -0.1) is 16.8 Å². The summed E-state index contributed by atoms with van der Waals surface area (Å²) >= 11 is 7.58. The SMILES string of the molecule is C=CCn1c(SCc2c(F)cccc2Cl)nnc1C1CCCCC1. The molecule has 0 atom stereocenters. The first-order valence-corrected chi connectivity index (χ1v) is 9.66. The van der Waals surface area contributed by atoms with Gasteiger partial charge in [0, 0.05) is 28.8 Å². The minimum Gasteiger partial charge on any atom is -0.302 e. The average Bonchev–Trinajstić information content (AvgIpc) is 2.98. The summed E-state index contributed by atoms with van der Waals surface area (Å²) in [6, 6.07) is 4.76. The minimum absolute atomic E-state index is 0.280. The average molecular weight is 366 g/mol. The van der Waals surface area contributed by atoms with Gasteiger partial charge in [0.2, 0.25) is 0 Å². The van der Waals surface area contributed by atoms with Gasteiger partial charge in [-0.2, -0.15) is 0 Å². The molecule has 0 aliphatic heterocycles. The first-order chi connectivity index (χ1) is 11.7. The molecule has 24 heavy (non-hydrogen) atoms. The maximum absolute atomic E-state index is 13.9. The van der Waals surface area contributed by atoms with E-state index in [0.29, 0.717) is 28.8 Å². The Bertz CT molecular complexity index is 690. The highest BCUT2D eigenvalue weighted by Crippen LogP contribution is 2.34. The summed E-state index contributed by atoms with van der Waals surface area (Å²) in [5.41, 5.74) is 0.511. The molecule has 1 aromatic heterocycles. The van der Waals surface area contributed by atoms with Crippen molar-refractivity contribution in [2.75, 3.05) is 0 Å². The van der Waals surface area contributed by atoms with Gasteiger partial charge in [0.1, 0.15) is 11.6 Å². The van der Waals surface area contributed by atoms with Crippen LogP contribution in [0.3, 0.4) is 0 Å². The van der Waals surface area contributed by atoms with Crippen LogP contribution in [0.25, 0.3) is 0 Å². The monoisotopic (exact) mass is 365 g/mol. The molecule has 0 N–H and O–H groups in total. The molecule has 0 radical (unpaired) electrons. The summed E-state index contributed by atoms with van der Waals surface area (Å²) in [6.45, 7) is 4.52. The molecule has 2 aromatic rings. The van der Waals surface area contributed by atoms with Gasteiger partial charge in [-0.3, -0.25) is 0 Å². The van der Waals surface area contributed by atoms with Crippen molar-refractivity contribution in [2.45, 2.75) is 55.5 Å². The summed E-state index contributed by atoms with van der Waals surface area (Å²) in [4.78, 5) is 0. The Labute approximate surface area is 151 Å². The molecule has 1 aromatic carbocycles. The Hall–Kier alpha value is -1.33. The summed E-state index contributed by atoms with van der Waals surface area (Å²) < 4.78 is 16.1. The Balaban J connectivity index is 1.80. The number of hydrogen-bond acceptors (Lipinski definition) is 3. The fourth-order valence-electron chi connectivity index (χ4n) is 3.18. The fourth-order valence-corrected chi connectivity index (χ4v) is 4.48. The van der Waals surface area contributed by atoms with E-state index in [4.69, 9.17) is 11.6 Å². The van der Waals surface area contributed by atoms with Gasteiger partial charge in [0.25, 0.3) is 0 Å². The molecule has 0 unspecified atom stereocenters. The molecule has 128 valence electrons. The molecule has 0 bridgehead atoms. The molecule has 0 amide bonds. The lowest BCUT2D eigenvalue weighted by Gasteiger charge is -2.21. The van der Waals surface area contributed by atoms with E-state index in [9.17, 15) is 4.39 Å². The van der Waals surface area contributed by atoms with Crippen LogP contribution in [-0.2, 0) is 12.3 Å². The van der Waals surface area contributed by atoms with E-state index < -0.39 is 0 Å². The quantitative estimate of drug-likeness (QED) is 0.493. The van der Waals surface area contributed by atoms with Crippen LogP contribution in [0.5, 0.6) is 0 Å². The van der Waals surface area contributed by atoms with Crippen molar-refractivity contribution >= 4 is 23.4 Å². The lowest BCUT2D eigenvalue weighted by molar-refractivity contribution is 0.415. The molecule has 0 spiro atoms. The Morgan fingerprint density at radius 2 is 2.08 bits per heavy atom. The molecule has 3 nitrogen and oxygen atoms in total. The smallest absolute Gasteiger partial charge is 0.191 e. The van der Waals surface area contributed by atoms with Gasteiger partial charge in [-0.05, 0) is 25.0 Å². The molecule has 0 saturated heterocycles. The molecule has 1 saturated carbocycles. The maximum Gasteiger partial charge on any atom is 0.191 e. The number of rotatable bonds is 6. The zero-order chi connectivity index (χ0) is 16.9. The molecule has 1 heterocycles. The van der Waals surface area contributed by atoms with Crippen LogP contribution in [0.2, 0.25) is 5.02 Å². The summed E-state index contributed by atoms with van der Waals surface area (Å²) in [5, 5.41) is 10.0.